The van der Waals surface area contributed by atoms with Gasteiger partial charge >= 0.3 is 26.8 Å². The highest BCUT2D eigenvalue weighted by molar-refractivity contribution is 7.81. The van der Waals surface area contributed by atoms with E-state index in [4.69, 9.17) is 14.2 Å². The molecule has 0 aliphatic rings. The zero-order valence-electron chi connectivity index (χ0n) is 16.2. The molecule has 28 heavy (non-hydrogen) atoms. The lowest BCUT2D eigenvalue weighted by Crippen LogP contribution is -2.35. The van der Waals surface area contributed by atoms with E-state index in [0.717, 1.165) is 19.3 Å². The Balaban J connectivity index is 4.79. The Morgan fingerprint density at radius 1 is 0.750 bits per heavy atom. The Morgan fingerprint density at radius 3 is 1.54 bits per heavy atom. The number of carboxylic acids is 1. The van der Waals surface area contributed by atoms with Crippen molar-refractivity contribution < 1.29 is 44.2 Å². The molecule has 0 aromatic heterocycles. The Bertz CT molecular complexity index is 630. The number of unbranched alkanes of at least 4 members (excludes halogenated alkanes) is 7. The number of carboxylic acid groups (broad SMARTS) is 1. The van der Waals surface area contributed by atoms with E-state index in [-0.39, 0.29) is 19.3 Å². The van der Waals surface area contributed by atoms with Crippen LogP contribution in [-0.4, -0.2) is 49.2 Å². The van der Waals surface area contributed by atoms with Crippen LogP contribution in [0, 0.1) is 0 Å². The smallest absolute Gasteiger partial charge is 0.397 e. The summed E-state index contributed by atoms with van der Waals surface area (Å²) in [4.78, 5) is 10.4. The Morgan fingerprint density at radius 2 is 1.14 bits per heavy atom. The first-order valence-corrected chi connectivity index (χ1v) is 12.2. The first kappa shape index (κ1) is 27.2. The van der Waals surface area contributed by atoms with E-state index >= 15 is 0 Å². The van der Waals surface area contributed by atoms with E-state index in [1.165, 1.54) is 0 Å². The van der Waals surface area contributed by atoms with Crippen molar-refractivity contribution in [2.24, 2.45) is 0 Å². The van der Waals surface area contributed by atoms with E-state index in [0.29, 0.717) is 38.5 Å². The molecule has 0 radical (unpaired) electrons. The molecular formula is C16H32O10S2. The third-order valence-corrected chi connectivity index (χ3v) is 5.11. The molecule has 168 valence electrons. The van der Waals surface area contributed by atoms with Gasteiger partial charge in [-0.25, -0.2) is 8.37 Å². The van der Waals surface area contributed by atoms with E-state index in [1.54, 1.807) is 0 Å². The normalized spacial score (nSPS) is 14.7. The second-order valence-electron chi connectivity index (χ2n) is 6.67. The number of rotatable bonds is 18. The van der Waals surface area contributed by atoms with Crippen molar-refractivity contribution in [2.45, 2.75) is 96.2 Å². The van der Waals surface area contributed by atoms with E-state index in [2.05, 4.69) is 8.37 Å². The highest BCUT2D eigenvalue weighted by Gasteiger charge is 2.30. The van der Waals surface area contributed by atoms with Crippen LogP contribution in [0.5, 0.6) is 0 Å². The lowest BCUT2D eigenvalue weighted by Gasteiger charge is -2.24. The molecular weight excluding hydrogens is 416 g/mol. The quantitative estimate of drug-likeness (QED) is 0.209. The van der Waals surface area contributed by atoms with Gasteiger partial charge in [-0.2, -0.15) is 16.8 Å². The number of carbonyl (C=O) groups is 1. The Kier molecular flexibility index (Phi) is 13.8. The summed E-state index contributed by atoms with van der Waals surface area (Å²) in [5.74, 6) is -0.866. The van der Waals surface area contributed by atoms with Crippen LogP contribution in [-0.2, 0) is 34.0 Å². The van der Waals surface area contributed by atoms with Gasteiger partial charge in [-0.3, -0.25) is 13.9 Å². The first-order chi connectivity index (χ1) is 12.9. The summed E-state index contributed by atoms with van der Waals surface area (Å²) in [6.07, 6.45) is 3.97. The van der Waals surface area contributed by atoms with Gasteiger partial charge in [0.1, 0.15) is 12.2 Å². The van der Waals surface area contributed by atoms with Gasteiger partial charge in [0.2, 0.25) is 0 Å². The van der Waals surface area contributed by atoms with E-state index < -0.39 is 39.0 Å². The minimum Gasteiger partial charge on any atom is -0.481 e. The van der Waals surface area contributed by atoms with Crippen molar-refractivity contribution in [2.75, 3.05) is 0 Å². The predicted octanol–water partition coefficient (Wildman–Crippen LogP) is 3.15. The molecule has 10 nitrogen and oxygen atoms in total. The molecule has 0 heterocycles. The van der Waals surface area contributed by atoms with Gasteiger partial charge < -0.3 is 5.11 Å². The molecule has 0 saturated heterocycles. The standard InChI is InChI=1S/C16H32O10S2/c1-2-3-4-8-11-14(25-27(19,20)21)15(26-28(22,23)24)12-9-6-5-7-10-13-16(17)18/h14-15H,2-13H2,1H3,(H,17,18)(H,19,20,21)(H,22,23,24). The van der Waals surface area contributed by atoms with Crippen LogP contribution in [0.3, 0.4) is 0 Å². The lowest BCUT2D eigenvalue weighted by molar-refractivity contribution is -0.137. The SMILES string of the molecule is CCCCCCC(OS(=O)(=O)O)C(CCCCCCCC(=O)O)OS(=O)(=O)O. The van der Waals surface area contributed by atoms with Crippen molar-refractivity contribution in [3.05, 3.63) is 0 Å². The van der Waals surface area contributed by atoms with Crippen LogP contribution in [0.4, 0.5) is 0 Å². The maximum absolute atomic E-state index is 11.1. The summed E-state index contributed by atoms with van der Waals surface area (Å²) >= 11 is 0. The summed E-state index contributed by atoms with van der Waals surface area (Å²) in [7, 11) is -9.67. The van der Waals surface area contributed by atoms with Crippen molar-refractivity contribution >= 4 is 26.8 Å². The fraction of sp³-hybridized carbons (Fsp3) is 0.938. The minimum absolute atomic E-state index is 0.0799. The van der Waals surface area contributed by atoms with E-state index in [1.807, 2.05) is 6.92 Å². The lowest BCUT2D eigenvalue weighted by atomic mass is 10.00. The average Bonchev–Trinajstić information content (AvgIpc) is 2.53. The predicted molar refractivity (Wildman–Crippen MR) is 102 cm³/mol. The number of hydrogen-bond acceptors (Lipinski definition) is 7. The topological polar surface area (TPSA) is 164 Å². The molecule has 0 spiro atoms. The van der Waals surface area contributed by atoms with Gasteiger partial charge in [-0.1, -0.05) is 58.3 Å². The summed E-state index contributed by atoms with van der Waals surface area (Å²) in [6.45, 7) is 1.99. The first-order valence-electron chi connectivity index (χ1n) is 9.47. The molecule has 0 fully saturated rings. The molecule has 0 aromatic carbocycles. The Hall–Kier alpha value is -0.790. The minimum atomic E-state index is -4.84. The summed E-state index contributed by atoms with van der Waals surface area (Å²) in [5, 5.41) is 8.58. The van der Waals surface area contributed by atoms with Gasteiger partial charge in [-0.05, 0) is 19.3 Å². The molecule has 0 aliphatic carbocycles. The molecule has 2 atom stereocenters. The third kappa shape index (κ3) is 17.3. The highest BCUT2D eigenvalue weighted by atomic mass is 32.3. The largest absolute Gasteiger partial charge is 0.481 e. The Labute approximate surface area is 167 Å². The van der Waals surface area contributed by atoms with Gasteiger partial charge in [0.05, 0.1) is 0 Å². The monoisotopic (exact) mass is 448 g/mol. The average molecular weight is 449 g/mol. The molecule has 0 aliphatic heterocycles. The van der Waals surface area contributed by atoms with Gasteiger partial charge in [0.25, 0.3) is 0 Å². The van der Waals surface area contributed by atoms with Crippen molar-refractivity contribution in [1.29, 1.82) is 0 Å². The maximum Gasteiger partial charge on any atom is 0.397 e. The van der Waals surface area contributed by atoms with Crippen molar-refractivity contribution in [3.8, 4) is 0 Å². The number of hydrogen-bond donors (Lipinski definition) is 3. The van der Waals surface area contributed by atoms with Crippen LogP contribution >= 0.6 is 0 Å². The van der Waals surface area contributed by atoms with E-state index in [9.17, 15) is 21.6 Å². The zero-order chi connectivity index (χ0) is 21.6. The molecule has 0 aromatic rings. The molecule has 12 heteroatoms. The fourth-order valence-corrected chi connectivity index (χ4v) is 3.89. The third-order valence-electron chi connectivity index (χ3n) is 4.13. The van der Waals surface area contributed by atoms with Crippen molar-refractivity contribution in [1.82, 2.24) is 0 Å². The van der Waals surface area contributed by atoms with Crippen LogP contribution in [0.2, 0.25) is 0 Å². The van der Waals surface area contributed by atoms with Crippen LogP contribution < -0.4 is 0 Å². The number of aliphatic carboxylic acids is 1. The van der Waals surface area contributed by atoms with Crippen LogP contribution in [0.25, 0.3) is 0 Å². The molecule has 0 rings (SSSR count). The summed E-state index contributed by atoms with van der Waals surface area (Å²) in [6, 6.07) is 0. The second-order valence-corrected chi connectivity index (χ2v) is 8.77. The van der Waals surface area contributed by atoms with Crippen LogP contribution in [0.15, 0.2) is 0 Å². The molecule has 2 unspecified atom stereocenters. The molecule has 3 N–H and O–H groups in total. The van der Waals surface area contributed by atoms with Gasteiger partial charge in [0, 0.05) is 6.42 Å². The molecule has 0 amide bonds. The fourth-order valence-electron chi connectivity index (χ4n) is 2.83. The second kappa shape index (κ2) is 14.2. The zero-order valence-corrected chi connectivity index (χ0v) is 17.8. The molecule has 0 saturated carbocycles. The van der Waals surface area contributed by atoms with Crippen molar-refractivity contribution in [3.63, 3.8) is 0 Å². The highest BCUT2D eigenvalue weighted by Crippen LogP contribution is 2.22. The van der Waals surface area contributed by atoms with Crippen LogP contribution in [0.1, 0.15) is 84.0 Å². The summed E-state index contributed by atoms with van der Waals surface area (Å²) < 4.78 is 71.7. The van der Waals surface area contributed by atoms with Gasteiger partial charge in [-0.15, -0.1) is 0 Å². The maximum atomic E-state index is 11.1. The summed E-state index contributed by atoms with van der Waals surface area (Å²) in [5.41, 5.74) is 0. The van der Waals surface area contributed by atoms with Gasteiger partial charge in [0.15, 0.2) is 0 Å². The molecule has 0 bridgehead atoms.